The van der Waals surface area contributed by atoms with E-state index in [-0.39, 0.29) is 11.6 Å². The van der Waals surface area contributed by atoms with Gasteiger partial charge in [0.15, 0.2) is 0 Å². The minimum atomic E-state index is -0.479. The van der Waals surface area contributed by atoms with Crippen LogP contribution in [-0.2, 0) is 17.7 Å². The number of nitrogens with zero attached hydrogens (tertiary/aromatic N) is 1. The number of hydrogen-bond acceptors (Lipinski definition) is 7. The molecule has 0 aliphatic carbocycles. The number of H-pyrrole nitrogens is 1. The molecule has 4 rings (SSSR count). The van der Waals surface area contributed by atoms with Crippen LogP contribution in [0.3, 0.4) is 0 Å². The summed E-state index contributed by atoms with van der Waals surface area (Å²) >= 11 is 0. The Kier molecular flexibility index (Phi) is 7.42. The minimum absolute atomic E-state index is 0.0586. The Bertz CT molecular complexity index is 1360. The van der Waals surface area contributed by atoms with Crippen molar-refractivity contribution in [2.45, 2.75) is 19.0 Å². The molecule has 1 atom stereocenters. The van der Waals surface area contributed by atoms with E-state index in [4.69, 9.17) is 14.2 Å². The average Bonchev–Trinajstić information content (AvgIpc) is 2.90. The molecular formula is C27H27N3O5. The molecule has 0 spiro atoms. The van der Waals surface area contributed by atoms with Gasteiger partial charge >= 0.3 is 5.97 Å². The van der Waals surface area contributed by atoms with Crippen molar-refractivity contribution in [2.24, 2.45) is 0 Å². The maximum atomic E-state index is 12.6. The zero-order valence-corrected chi connectivity index (χ0v) is 19.8. The Labute approximate surface area is 202 Å². The third-order valence-electron chi connectivity index (χ3n) is 5.81. The van der Waals surface area contributed by atoms with E-state index in [1.54, 1.807) is 32.4 Å². The SMILES string of the molecule is COC(=O)c1ccc2c(=O)[nH]c(CN[C@H](Cc3ccc(OC)cc3)c3ccc(OC)cc3)nc2c1. The van der Waals surface area contributed by atoms with Crippen LogP contribution in [-0.4, -0.2) is 37.3 Å². The number of rotatable bonds is 9. The zero-order chi connectivity index (χ0) is 24.8. The van der Waals surface area contributed by atoms with E-state index in [9.17, 15) is 9.59 Å². The smallest absolute Gasteiger partial charge is 0.337 e. The first kappa shape index (κ1) is 24.0. The molecule has 35 heavy (non-hydrogen) atoms. The third-order valence-corrected chi connectivity index (χ3v) is 5.81. The summed E-state index contributed by atoms with van der Waals surface area (Å²) in [6, 6.07) is 20.4. The summed E-state index contributed by atoms with van der Waals surface area (Å²) in [4.78, 5) is 31.9. The van der Waals surface area contributed by atoms with Gasteiger partial charge in [-0.25, -0.2) is 9.78 Å². The average molecular weight is 474 g/mol. The quantitative estimate of drug-likeness (QED) is 0.357. The highest BCUT2D eigenvalue weighted by molar-refractivity contribution is 5.93. The number of carbonyl (C=O) groups excluding carboxylic acids is 1. The van der Waals surface area contributed by atoms with E-state index >= 15 is 0 Å². The lowest BCUT2D eigenvalue weighted by molar-refractivity contribution is 0.0601. The van der Waals surface area contributed by atoms with Crippen molar-refractivity contribution in [3.8, 4) is 11.5 Å². The molecule has 0 bridgehead atoms. The number of esters is 1. The number of fused-ring (bicyclic) bond motifs is 1. The Morgan fingerprint density at radius 1 is 0.943 bits per heavy atom. The largest absolute Gasteiger partial charge is 0.497 e. The lowest BCUT2D eigenvalue weighted by Gasteiger charge is -2.20. The first-order chi connectivity index (χ1) is 17.0. The van der Waals surface area contributed by atoms with Crippen molar-refractivity contribution in [2.75, 3.05) is 21.3 Å². The van der Waals surface area contributed by atoms with Gasteiger partial charge in [-0.3, -0.25) is 4.79 Å². The van der Waals surface area contributed by atoms with Gasteiger partial charge in [0.05, 0.1) is 44.3 Å². The van der Waals surface area contributed by atoms with Crippen LogP contribution in [0.2, 0.25) is 0 Å². The Morgan fingerprint density at radius 2 is 1.60 bits per heavy atom. The first-order valence-electron chi connectivity index (χ1n) is 11.1. The zero-order valence-electron chi connectivity index (χ0n) is 19.8. The molecule has 180 valence electrons. The number of methoxy groups -OCH3 is 3. The van der Waals surface area contributed by atoms with Crippen molar-refractivity contribution < 1.29 is 19.0 Å². The summed E-state index contributed by atoms with van der Waals surface area (Å²) in [5, 5.41) is 3.92. The topological polar surface area (TPSA) is 103 Å². The monoisotopic (exact) mass is 473 g/mol. The van der Waals surface area contributed by atoms with E-state index in [1.807, 2.05) is 48.5 Å². The second-order valence-electron chi connectivity index (χ2n) is 7.99. The maximum Gasteiger partial charge on any atom is 0.337 e. The molecule has 8 nitrogen and oxygen atoms in total. The highest BCUT2D eigenvalue weighted by atomic mass is 16.5. The summed E-state index contributed by atoms with van der Waals surface area (Å²) in [5.41, 5.74) is 2.70. The first-order valence-corrected chi connectivity index (χ1v) is 11.1. The van der Waals surface area contributed by atoms with Gasteiger partial charge in [-0.2, -0.15) is 0 Å². The third kappa shape index (κ3) is 5.67. The van der Waals surface area contributed by atoms with Crippen molar-refractivity contribution in [3.05, 3.63) is 99.6 Å². The molecule has 8 heteroatoms. The van der Waals surface area contributed by atoms with Crippen LogP contribution in [0.4, 0.5) is 0 Å². The van der Waals surface area contributed by atoms with Crippen molar-refractivity contribution in [3.63, 3.8) is 0 Å². The molecule has 0 radical (unpaired) electrons. The lowest BCUT2D eigenvalue weighted by Crippen LogP contribution is -2.25. The van der Waals surface area contributed by atoms with E-state index < -0.39 is 5.97 Å². The molecule has 0 aliphatic heterocycles. The highest BCUT2D eigenvalue weighted by Crippen LogP contribution is 2.23. The molecule has 0 unspecified atom stereocenters. The number of benzene rings is 3. The second-order valence-corrected chi connectivity index (χ2v) is 7.99. The standard InChI is InChI=1S/C27H27N3O5/c1-33-20-9-4-17(5-10-20)14-23(18-6-11-21(34-2)12-7-18)28-16-25-29-24-15-19(27(32)35-3)8-13-22(24)26(31)30-25/h4-13,15,23,28H,14,16H2,1-3H3,(H,29,30,31)/t23-/m1/s1. The van der Waals surface area contributed by atoms with E-state index in [1.165, 1.54) is 7.11 Å². The molecule has 1 heterocycles. The van der Waals surface area contributed by atoms with Crippen LogP contribution < -0.4 is 20.3 Å². The second kappa shape index (κ2) is 10.8. The number of ether oxygens (including phenoxy) is 3. The molecule has 0 saturated carbocycles. The van der Waals surface area contributed by atoms with Crippen LogP contribution in [0, 0.1) is 0 Å². The Hall–Kier alpha value is -4.17. The summed E-state index contributed by atoms with van der Waals surface area (Å²) in [5.74, 6) is 1.57. The summed E-state index contributed by atoms with van der Waals surface area (Å²) < 4.78 is 15.3. The van der Waals surface area contributed by atoms with Crippen molar-refractivity contribution in [1.29, 1.82) is 0 Å². The van der Waals surface area contributed by atoms with Crippen molar-refractivity contribution in [1.82, 2.24) is 15.3 Å². The van der Waals surface area contributed by atoms with Gasteiger partial charge in [-0.05, 0) is 60.0 Å². The maximum absolute atomic E-state index is 12.6. The molecule has 4 aromatic rings. The van der Waals surface area contributed by atoms with Gasteiger partial charge in [0.1, 0.15) is 17.3 Å². The fourth-order valence-electron chi connectivity index (χ4n) is 3.88. The number of carbonyl (C=O) groups is 1. The van der Waals surface area contributed by atoms with Gasteiger partial charge in [0.2, 0.25) is 0 Å². The van der Waals surface area contributed by atoms with E-state index in [2.05, 4.69) is 15.3 Å². The van der Waals surface area contributed by atoms with Gasteiger partial charge in [-0.1, -0.05) is 24.3 Å². The van der Waals surface area contributed by atoms with Crippen LogP contribution >= 0.6 is 0 Å². The van der Waals surface area contributed by atoms with Gasteiger partial charge < -0.3 is 24.5 Å². The summed E-state index contributed by atoms with van der Waals surface area (Å²) in [6.07, 6.45) is 0.709. The number of hydrogen-bond donors (Lipinski definition) is 2. The van der Waals surface area contributed by atoms with E-state index in [0.717, 1.165) is 22.6 Å². The lowest BCUT2D eigenvalue weighted by atomic mass is 9.98. The van der Waals surface area contributed by atoms with Crippen LogP contribution in [0.1, 0.15) is 33.4 Å². The predicted molar refractivity (Wildman–Crippen MR) is 133 cm³/mol. The van der Waals surface area contributed by atoms with Gasteiger partial charge in [0.25, 0.3) is 5.56 Å². The van der Waals surface area contributed by atoms with Crippen LogP contribution in [0.5, 0.6) is 11.5 Å². The molecule has 0 aliphatic rings. The molecular weight excluding hydrogens is 446 g/mol. The van der Waals surface area contributed by atoms with Crippen LogP contribution in [0.25, 0.3) is 10.9 Å². The summed E-state index contributed by atoms with van der Waals surface area (Å²) in [7, 11) is 4.59. The molecule has 0 fully saturated rings. The molecule has 2 N–H and O–H groups in total. The highest BCUT2D eigenvalue weighted by Gasteiger charge is 2.15. The Morgan fingerprint density at radius 3 is 2.23 bits per heavy atom. The molecule has 0 saturated heterocycles. The summed E-state index contributed by atoms with van der Waals surface area (Å²) in [6.45, 7) is 0.320. The minimum Gasteiger partial charge on any atom is -0.497 e. The molecule has 1 aromatic heterocycles. The molecule has 0 amide bonds. The van der Waals surface area contributed by atoms with Crippen molar-refractivity contribution >= 4 is 16.9 Å². The molecule has 3 aromatic carbocycles. The number of aromatic nitrogens is 2. The fraction of sp³-hybridized carbons (Fsp3) is 0.222. The number of aromatic amines is 1. The predicted octanol–water partition coefficient (Wildman–Crippen LogP) is 3.80. The normalized spacial score (nSPS) is 11.7. The fourth-order valence-corrected chi connectivity index (χ4v) is 3.88. The van der Waals surface area contributed by atoms with E-state index in [0.29, 0.717) is 35.3 Å². The van der Waals surface area contributed by atoms with Gasteiger partial charge in [0, 0.05) is 6.04 Å². The Balaban J connectivity index is 1.60. The van der Waals surface area contributed by atoms with Gasteiger partial charge in [-0.15, -0.1) is 0 Å². The number of nitrogens with one attached hydrogen (secondary N) is 2. The van der Waals surface area contributed by atoms with Crippen LogP contribution in [0.15, 0.2) is 71.5 Å².